The molecule has 3 aliphatic rings. The first-order chi connectivity index (χ1) is 23.3. The lowest BCUT2D eigenvalue weighted by Gasteiger charge is -2.41. The third-order valence-electron chi connectivity index (χ3n) is 9.16. The minimum Gasteiger partial charge on any atom is -0.495 e. The number of hydrogen-bond acceptors (Lipinski definition) is 12. The van der Waals surface area contributed by atoms with Gasteiger partial charge < -0.3 is 34.4 Å². The Kier molecular flexibility index (Phi) is 10.5. The van der Waals surface area contributed by atoms with Crippen LogP contribution < -0.4 is 19.7 Å². The van der Waals surface area contributed by atoms with Crippen molar-refractivity contribution in [2.24, 2.45) is 0 Å². The van der Waals surface area contributed by atoms with Gasteiger partial charge in [-0.3, -0.25) is 9.69 Å². The highest BCUT2D eigenvalue weighted by molar-refractivity contribution is 5.80. The number of carbonyl (C=O) groups is 1. The van der Waals surface area contributed by atoms with Gasteiger partial charge in [-0.15, -0.1) is 0 Å². The molecule has 48 heavy (non-hydrogen) atoms. The fourth-order valence-electron chi connectivity index (χ4n) is 6.56. The number of rotatable bonds is 9. The molecule has 1 aromatic heterocycles. The van der Waals surface area contributed by atoms with E-state index in [1.807, 2.05) is 18.2 Å². The number of piperidine rings is 2. The van der Waals surface area contributed by atoms with Crippen molar-refractivity contribution < 1.29 is 28.5 Å². The summed E-state index contributed by atoms with van der Waals surface area (Å²) in [6, 6.07) is 13.5. The summed E-state index contributed by atoms with van der Waals surface area (Å²) in [7, 11) is 1.67. The highest BCUT2D eigenvalue weighted by Gasteiger charge is 2.34. The van der Waals surface area contributed by atoms with Gasteiger partial charge in [-0.1, -0.05) is 0 Å². The molecule has 0 saturated carbocycles. The van der Waals surface area contributed by atoms with E-state index in [1.54, 1.807) is 25.3 Å². The van der Waals surface area contributed by atoms with Crippen molar-refractivity contribution in [1.29, 1.82) is 5.26 Å². The average Bonchev–Trinajstić information content (AvgIpc) is 3.12. The van der Waals surface area contributed by atoms with Crippen LogP contribution in [0.4, 0.5) is 21.7 Å². The van der Waals surface area contributed by atoms with Crippen molar-refractivity contribution in [2.45, 2.75) is 50.6 Å². The number of anilines is 3. The first-order valence-electron chi connectivity index (χ1n) is 16.4. The Balaban J connectivity index is 1.10. The summed E-state index contributed by atoms with van der Waals surface area (Å²) >= 11 is 0. The maximum Gasteiger partial charge on any atom is 0.251 e. The maximum atomic E-state index is 14.9. The largest absolute Gasteiger partial charge is 0.495 e. The van der Waals surface area contributed by atoms with Crippen LogP contribution in [0.15, 0.2) is 42.7 Å². The van der Waals surface area contributed by atoms with Gasteiger partial charge in [-0.05, 0) is 50.1 Å². The van der Waals surface area contributed by atoms with E-state index in [2.05, 4.69) is 36.1 Å². The number of aliphatic hydroxyl groups is 1. The summed E-state index contributed by atoms with van der Waals surface area (Å²) in [6.07, 6.45) is 0.320. The molecule has 0 spiro atoms. The van der Waals surface area contributed by atoms with Gasteiger partial charge in [-0.25, -0.2) is 14.4 Å². The Labute approximate surface area is 279 Å². The molecule has 254 valence electrons. The number of ether oxygens (including phenoxy) is 3. The van der Waals surface area contributed by atoms with Crippen LogP contribution in [-0.4, -0.2) is 120 Å². The Bertz CT molecular complexity index is 1620. The fourth-order valence-corrected chi connectivity index (χ4v) is 6.56. The fraction of sp³-hybridized carbons (Fsp3) is 0.500. The molecule has 1 unspecified atom stereocenters. The van der Waals surface area contributed by atoms with Crippen LogP contribution in [0.1, 0.15) is 31.7 Å². The van der Waals surface area contributed by atoms with E-state index in [4.69, 9.17) is 14.2 Å². The molecule has 0 radical (unpaired) electrons. The number of aromatic nitrogens is 3. The van der Waals surface area contributed by atoms with Gasteiger partial charge in [0.1, 0.15) is 36.1 Å². The molecule has 2 N–H and O–H groups in total. The molecule has 3 aromatic rings. The predicted molar refractivity (Wildman–Crippen MR) is 176 cm³/mol. The Morgan fingerprint density at radius 2 is 1.88 bits per heavy atom. The number of hydrogen-bond donors (Lipinski definition) is 2. The van der Waals surface area contributed by atoms with E-state index >= 15 is 0 Å². The maximum absolute atomic E-state index is 14.9. The van der Waals surface area contributed by atoms with Crippen LogP contribution in [-0.2, 0) is 9.53 Å². The molecule has 3 fully saturated rings. The second-order valence-electron chi connectivity index (χ2n) is 12.3. The molecule has 1 amide bonds. The molecule has 3 saturated heterocycles. The highest BCUT2D eigenvalue weighted by atomic mass is 19.1. The molecule has 3 atom stereocenters. The summed E-state index contributed by atoms with van der Waals surface area (Å²) in [6.45, 7) is 6.96. The van der Waals surface area contributed by atoms with E-state index in [9.17, 15) is 19.6 Å². The van der Waals surface area contributed by atoms with E-state index < -0.39 is 24.3 Å². The second kappa shape index (κ2) is 15.1. The summed E-state index contributed by atoms with van der Waals surface area (Å²) < 4.78 is 32.1. The number of nitriles is 1. The number of alkyl halides is 1. The van der Waals surface area contributed by atoms with E-state index in [1.165, 1.54) is 18.2 Å². The lowest BCUT2D eigenvalue weighted by molar-refractivity contribution is -0.143. The number of nitrogens with one attached hydrogen (secondary N) is 1. The molecule has 2 aromatic carbocycles. The van der Waals surface area contributed by atoms with E-state index in [-0.39, 0.29) is 30.8 Å². The highest BCUT2D eigenvalue weighted by Crippen LogP contribution is 2.35. The standard InChI is InChI=1S/C34H41FN8O5/c1-22(44)33(45)43-12-9-30(27(35)20-43)48-29-6-3-23(17-24(29)19-36)32-37-21-38-34(40-32)39-25-4-5-28(31(18-25)46-2)42-10-7-26(8-11-42)41-13-15-47-16-14-41/h3-6,17-18,21-22,26-27,30,44H,7-16,20H2,1-2H3,(H,37,38,39,40)/t22?,27-,30+/m1/s1. The van der Waals surface area contributed by atoms with Crippen LogP contribution in [0.5, 0.6) is 11.5 Å². The number of methoxy groups -OCH3 is 1. The quantitative estimate of drug-likeness (QED) is 0.347. The van der Waals surface area contributed by atoms with Crippen molar-refractivity contribution in [3.8, 4) is 29.0 Å². The lowest BCUT2D eigenvalue weighted by atomic mass is 10.0. The van der Waals surface area contributed by atoms with Gasteiger partial charge in [0, 0.05) is 62.5 Å². The van der Waals surface area contributed by atoms with Crippen molar-refractivity contribution >= 4 is 23.2 Å². The molecule has 0 aliphatic carbocycles. The number of nitrogens with zero attached hydrogens (tertiary/aromatic N) is 7. The van der Waals surface area contributed by atoms with Gasteiger partial charge in [0.15, 0.2) is 12.0 Å². The summed E-state index contributed by atoms with van der Waals surface area (Å²) in [5, 5.41) is 22.6. The lowest BCUT2D eigenvalue weighted by Crippen LogP contribution is -2.51. The third-order valence-corrected chi connectivity index (χ3v) is 9.16. The monoisotopic (exact) mass is 660 g/mol. The zero-order valence-corrected chi connectivity index (χ0v) is 27.2. The zero-order valence-electron chi connectivity index (χ0n) is 27.2. The number of likely N-dealkylation sites (tertiary alicyclic amines) is 1. The van der Waals surface area contributed by atoms with E-state index in [0.717, 1.165) is 69.4 Å². The van der Waals surface area contributed by atoms with Gasteiger partial charge in [-0.2, -0.15) is 10.2 Å². The second-order valence-corrected chi connectivity index (χ2v) is 12.3. The number of carbonyl (C=O) groups excluding carboxylic acids is 1. The first-order valence-corrected chi connectivity index (χ1v) is 16.4. The molecule has 13 nitrogen and oxygen atoms in total. The number of amides is 1. The molecule has 6 rings (SSSR count). The molecular weight excluding hydrogens is 619 g/mol. The molecule has 14 heteroatoms. The van der Waals surface area contributed by atoms with Crippen LogP contribution in [0.2, 0.25) is 0 Å². The minimum absolute atomic E-state index is 0.183. The van der Waals surface area contributed by atoms with Crippen molar-refractivity contribution in [2.75, 3.05) is 69.8 Å². The minimum atomic E-state index is -1.47. The van der Waals surface area contributed by atoms with Crippen molar-refractivity contribution in [3.05, 3.63) is 48.3 Å². The Morgan fingerprint density at radius 1 is 1.08 bits per heavy atom. The number of aliphatic hydroxyl groups excluding tert-OH is 1. The number of morpholine rings is 1. The average molecular weight is 661 g/mol. The van der Waals surface area contributed by atoms with Crippen LogP contribution in [0.25, 0.3) is 11.4 Å². The van der Waals surface area contributed by atoms with E-state index in [0.29, 0.717) is 23.4 Å². The topological polar surface area (TPSA) is 149 Å². The summed E-state index contributed by atoms with van der Waals surface area (Å²) in [5.74, 6) is 1.13. The molecule has 3 aliphatic heterocycles. The predicted octanol–water partition coefficient (Wildman–Crippen LogP) is 3.16. The summed E-state index contributed by atoms with van der Waals surface area (Å²) in [4.78, 5) is 31.4. The number of benzene rings is 2. The van der Waals surface area contributed by atoms with Crippen LogP contribution in [0, 0.1) is 11.3 Å². The molecule has 0 bridgehead atoms. The SMILES string of the molecule is COc1cc(Nc2ncnc(-c3ccc(O[C@H]4CCN(C(=O)C(C)O)C[C@H]4F)c(C#N)c3)n2)ccc1N1CCC(N2CCOCC2)CC1. The van der Waals surface area contributed by atoms with Crippen LogP contribution >= 0.6 is 0 Å². The van der Waals surface area contributed by atoms with Gasteiger partial charge in [0.25, 0.3) is 5.91 Å². The van der Waals surface area contributed by atoms with Gasteiger partial charge in [0.2, 0.25) is 5.95 Å². The van der Waals surface area contributed by atoms with Gasteiger partial charge in [0.05, 0.1) is 38.1 Å². The Morgan fingerprint density at radius 3 is 2.58 bits per heavy atom. The van der Waals surface area contributed by atoms with Gasteiger partial charge >= 0.3 is 0 Å². The number of halogens is 1. The summed E-state index contributed by atoms with van der Waals surface area (Å²) in [5.41, 5.74) is 2.56. The Hall–Kier alpha value is -4.58. The molecular formula is C34H41FN8O5. The molecule has 4 heterocycles. The first kappa shape index (κ1) is 33.3. The van der Waals surface area contributed by atoms with Crippen molar-refractivity contribution in [3.63, 3.8) is 0 Å². The smallest absolute Gasteiger partial charge is 0.251 e. The third kappa shape index (κ3) is 7.59. The normalized spacial score (nSPS) is 21.3. The van der Waals surface area contributed by atoms with Crippen LogP contribution in [0.3, 0.4) is 0 Å². The zero-order chi connectivity index (χ0) is 33.6. The van der Waals surface area contributed by atoms with Crippen molar-refractivity contribution in [1.82, 2.24) is 24.8 Å².